The zero-order chi connectivity index (χ0) is 15.8. The molecular weight excluding hydrogens is 286 g/mol. The fraction of sp³-hybridized carbons (Fsp3) is 0.316. The fourth-order valence-corrected chi connectivity index (χ4v) is 3.44. The molecule has 2 aliphatic rings. The minimum Gasteiger partial charge on any atom is -0.369 e. The molecule has 23 heavy (non-hydrogen) atoms. The summed E-state index contributed by atoms with van der Waals surface area (Å²) in [6.45, 7) is 5.01. The van der Waals surface area contributed by atoms with Crippen LogP contribution in [0.3, 0.4) is 0 Å². The number of hydrogen-bond donors (Lipinski definition) is 1. The van der Waals surface area contributed by atoms with Gasteiger partial charge in [0.05, 0.1) is 0 Å². The van der Waals surface area contributed by atoms with E-state index in [4.69, 9.17) is 0 Å². The first kappa shape index (κ1) is 14.3. The number of fused-ring (bicyclic) bond motifs is 1. The lowest BCUT2D eigenvalue weighted by Gasteiger charge is -2.34. The molecule has 0 spiro atoms. The van der Waals surface area contributed by atoms with Gasteiger partial charge in [0, 0.05) is 44.0 Å². The van der Waals surface area contributed by atoms with E-state index >= 15 is 0 Å². The molecule has 0 bridgehead atoms. The van der Waals surface area contributed by atoms with Gasteiger partial charge >= 0.3 is 0 Å². The van der Waals surface area contributed by atoms with Crippen LogP contribution in [0, 0.1) is 0 Å². The Balaban J connectivity index is 1.61. The maximum Gasteiger partial charge on any atom is 0.251 e. The van der Waals surface area contributed by atoms with Crippen molar-refractivity contribution in [2.75, 3.05) is 38.1 Å². The van der Waals surface area contributed by atoms with Gasteiger partial charge in [0.2, 0.25) is 0 Å². The Labute approximate surface area is 136 Å². The normalized spacial score (nSPS) is 18.0. The summed E-state index contributed by atoms with van der Waals surface area (Å²) >= 11 is 0. The van der Waals surface area contributed by atoms with Gasteiger partial charge in [0.1, 0.15) is 0 Å². The van der Waals surface area contributed by atoms with E-state index in [9.17, 15) is 4.79 Å². The van der Waals surface area contributed by atoms with Gasteiger partial charge in [0.15, 0.2) is 0 Å². The third-order valence-corrected chi connectivity index (χ3v) is 4.89. The van der Waals surface area contributed by atoms with Gasteiger partial charge in [-0.1, -0.05) is 24.3 Å². The molecule has 1 N–H and O–H groups in total. The second kappa shape index (κ2) is 5.70. The van der Waals surface area contributed by atoms with Gasteiger partial charge in [-0.2, -0.15) is 0 Å². The van der Waals surface area contributed by atoms with Crippen molar-refractivity contribution in [2.45, 2.75) is 6.54 Å². The molecule has 2 aliphatic heterocycles. The molecule has 1 amide bonds. The Hall–Kier alpha value is -2.33. The highest BCUT2D eigenvalue weighted by Gasteiger charge is 2.22. The van der Waals surface area contributed by atoms with E-state index in [0.29, 0.717) is 6.54 Å². The first-order valence-electron chi connectivity index (χ1n) is 8.16. The summed E-state index contributed by atoms with van der Waals surface area (Å²) in [7, 11) is 2.17. The number of nitrogens with zero attached hydrogens (tertiary/aromatic N) is 2. The Morgan fingerprint density at radius 1 is 0.913 bits per heavy atom. The third kappa shape index (κ3) is 2.59. The molecule has 0 aromatic heterocycles. The van der Waals surface area contributed by atoms with Gasteiger partial charge in [0.25, 0.3) is 5.91 Å². The Morgan fingerprint density at radius 2 is 1.61 bits per heavy atom. The van der Waals surface area contributed by atoms with Gasteiger partial charge in [-0.15, -0.1) is 0 Å². The standard InChI is InChI=1S/C19H21N3O/c1-21-9-11-22(12-10-21)15-7-5-14(6-8-15)16-3-2-4-17-18(16)13-20-19(17)23/h2-8H,9-13H2,1H3,(H,20,23). The van der Waals surface area contributed by atoms with Crippen LogP contribution >= 0.6 is 0 Å². The third-order valence-electron chi connectivity index (χ3n) is 4.89. The van der Waals surface area contributed by atoms with Crippen molar-refractivity contribution < 1.29 is 4.79 Å². The van der Waals surface area contributed by atoms with E-state index in [1.807, 2.05) is 12.1 Å². The first-order chi connectivity index (χ1) is 11.2. The quantitative estimate of drug-likeness (QED) is 0.925. The van der Waals surface area contributed by atoms with Crippen molar-refractivity contribution in [2.24, 2.45) is 0 Å². The summed E-state index contributed by atoms with van der Waals surface area (Å²) in [5, 5.41) is 2.91. The summed E-state index contributed by atoms with van der Waals surface area (Å²) in [5.74, 6) is 0.0379. The van der Waals surface area contributed by atoms with E-state index in [1.54, 1.807) is 0 Å². The predicted octanol–water partition coefficient (Wildman–Crippen LogP) is 2.35. The monoisotopic (exact) mass is 307 g/mol. The molecule has 0 unspecified atom stereocenters. The number of amides is 1. The first-order valence-corrected chi connectivity index (χ1v) is 8.16. The molecule has 4 heteroatoms. The minimum absolute atomic E-state index is 0.0379. The van der Waals surface area contributed by atoms with Crippen molar-refractivity contribution in [1.29, 1.82) is 0 Å². The number of hydrogen-bond acceptors (Lipinski definition) is 3. The lowest BCUT2D eigenvalue weighted by molar-refractivity contribution is 0.0966. The molecule has 0 radical (unpaired) electrons. The molecule has 1 saturated heterocycles. The van der Waals surface area contributed by atoms with Crippen LogP contribution < -0.4 is 10.2 Å². The van der Waals surface area contributed by atoms with Gasteiger partial charge in [-0.3, -0.25) is 4.79 Å². The van der Waals surface area contributed by atoms with Crippen LogP contribution in [-0.2, 0) is 6.54 Å². The second-order valence-corrected chi connectivity index (χ2v) is 6.35. The maximum atomic E-state index is 11.8. The number of anilines is 1. The Morgan fingerprint density at radius 3 is 2.35 bits per heavy atom. The lowest BCUT2D eigenvalue weighted by Crippen LogP contribution is -2.44. The highest BCUT2D eigenvalue weighted by molar-refractivity contribution is 6.00. The highest BCUT2D eigenvalue weighted by Crippen LogP contribution is 2.30. The molecular formula is C19H21N3O. The summed E-state index contributed by atoms with van der Waals surface area (Å²) in [5.41, 5.74) is 5.54. The molecule has 118 valence electrons. The molecule has 2 heterocycles. The van der Waals surface area contributed by atoms with Crippen molar-refractivity contribution in [3.05, 3.63) is 53.6 Å². The Kier molecular flexibility index (Phi) is 3.54. The topological polar surface area (TPSA) is 35.6 Å². The minimum atomic E-state index is 0.0379. The SMILES string of the molecule is CN1CCN(c2ccc(-c3cccc4c3CNC4=O)cc2)CC1. The summed E-state index contributed by atoms with van der Waals surface area (Å²) in [6.07, 6.45) is 0. The number of carbonyl (C=O) groups excluding carboxylic acids is 1. The van der Waals surface area contributed by atoms with Gasteiger partial charge in [-0.05, 0) is 41.9 Å². The molecule has 2 aromatic rings. The van der Waals surface area contributed by atoms with Crippen molar-refractivity contribution in [3.8, 4) is 11.1 Å². The van der Waals surface area contributed by atoms with Crippen LogP contribution in [0.15, 0.2) is 42.5 Å². The van der Waals surface area contributed by atoms with E-state index in [1.165, 1.54) is 11.3 Å². The van der Waals surface area contributed by atoms with Crippen LogP contribution in [0.5, 0.6) is 0 Å². The van der Waals surface area contributed by atoms with E-state index in [0.717, 1.165) is 42.9 Å². The van der Waals surface area contributed by atoms with Crippen molar-refractivity contribution in [1.82, 2.24) is 10.2 Å². The fourth-order valence-electron chi connectivity index (χ4n) is 3.44. The zero-order valence-electron chi connectivity index (χ0n) is 13.4. The molecule has 0 atom stereocenters. The number of rotatable bonds is 2. The number of nitrogens with one attached hydrogen (secondary N) is 1. The van der Waals surface area contributed by atoms with Crippen LogP contribution in [-0.4, -0.2) is 44.0 Å². The molecule has 0 aliphatic carbocycles. The summed E-state index contributed by atoms with van der Waals surface area (Å²) in [4.78, 5) is 16.6. The summed E-state index contributed by atoms with van der Waals surface area (Å²) < 4.78 is 0. The molecule has 2 aromatic carbocycles. The maximum absolute atomic E-state index is 11.8. The van der Waals surface area contributed by atoms with E-state index in [-0.39, 0.29) is 5.91 Å². The zero-order valence-corrected chi connectivity index (χ0v) is 13.4. The van der Waals surface area contributed by atoms with Crippen LogP contribution in [0.2, 0.25) is 0 Å². The highest BCUT2D eigenvalue weighted by atomic mass is 16.1. The van der Waals surface area contributed by atoms with E-state index in [2.05, 4.69) is 52.5 Å². The van der Waals surface area contributed by atoms with E-state index < -0.39 is 0 Å². The average Bonchev–Trinajstić information content (AvgIpc) is 2.97. The molecule has 0 saturated carbocycles. The molecule has 4 rings (SSSR count). The largest absolute Gasteiger partial charge is 0.369 e. The number of piperazine rings is 1. The lowest BCUT2D eigenvalue weighted by atomic mass is 9.97. The van der Waals surface area contributed by atoms with Gasteiger partial charge < -0.3 is 15.1 Å². The van der Waals surface area contributed by atoms with Crippen LogP contribution in [0.25, 0.3) is 11.1 Å². The number of likely N-dealkylation sites (N-methyl/N-ethyl adjacent to an activating group) is 1. The number of benzene rings is 2. The van der Waals surface area contributed by atoms with Crippen molar-refractivity contribution in [3.63, 3.8) is 0 Å². The average molecular weight is 307 g/mol. The molecule has 4 nitrogen and oxygen atoms in total. The Bertz CT molecular complexity index is 731. The number of carbonyl (C=O) groups is 1. The van der Waals surface area contributed by atoms with Crippen LogP contribution in [0.1, 0.15) is 15.9 Å². The van der Waals surface area contributed by atoms with Gasteiger partial charge in [-0.25, -0.2) is 0 Å². The second-order valence-electron chi connectivity index (χ2n) is 6.35. The smallest absolute Gasteiger partial charge is 0.251 e. The summed E-state index contributed by atoms with van der Waals surface area (Å²) in [6, 6.07) is 14.7. The van der Waals surface area contributed by atoms with Crippen LogP contribution in [0.4, 0.5) is 5.69 Å². The predicted molar refractivity (Wildman–Crippen MR) is 92.8 cm³/mol. The van der Waals surface area contributed by atoms with Crippen molar-refractivity contribution >= 4 is 11.6 Å². The molecule has 1 fully saturated rings.